The lowest BCUT2D eigenvalue weighted by Gasteiger charge is -2.26. The van der Waals surface area contributed by atoms with Gasteiger partial charge in [-0.25, -0.2) is 0 Å². The van der Waals surface area contributed by atoms with Crippen molar-refractivity contribution in [2.24, 2.45) is 11.7 Å². The monoisotopic (exact) mass is 300 g/mol. The second-order valence-corrected chi connectivity index (χ2v) is 6.13. The van der Waals surface area contributed by atoms with E-state index in [-0.39, 0.29) is 11.8 Å². The molecule has 0 amide bonds. The minimum absolute atomic E-state index is 0.105. The molecule has 1 aromatic carbocycles. The Morgan fingerprint density at radius 2 is 2.00 bits per heavy atom. The molecular formula is C18H24N2O2. The van der Waals surface area contributed by atoms with Crippen LogP contribution in [0, 0.1) is 5.92 Å². The fourth-order valence-electron chi connectivity index (χ4n) is 3.53. The molecule has 1 heterocycles. The van der Waals surface area contributed by atoms with E-state index >= 15 is 0 Å². The van der Waals surface area contributed by atoms with Gasteiger partial charge in [-0.2, -0.15) is 0 Å². The molecule has 22 heavy (non-hydrogen) atoms. The molecule has 118 valence electrons. The normalized spacial score (nSPS) is 22.1. The van der Waals surface area contributed by atoms with Crippen LogP contribution in [0.25, 0.3) is 10.9 Å². The Labute approximate surface area is 131 Å². The highest BCUT2D eigenvalue weighted by atomic mass is 16.5. The molecule has 1 aromatic heterocycles. The number of carbonyl (C=O) groups is 1. The third-order valence-corrected chi connectivity index (χ3v) is 4.80. The average molecular weight is 300 g/mol. The van der Waals surface area contributed by atoms with E-state index in [1.807, 2.05) is 29.0 Å². The van der Waals surface area contributed by atoms with Crippen LogP contribution in [0.15, 0.2) is 30.5 Å². The quantitative estimate of drug-likeness (QED) is 0.944. The van der Waals surface area contributed by atoms with Crippen LogP contribution in [0.2, 0.25) is 0 Å². The van der Waals surface area contributed by atoms with Crippen LogP contribution in [0.5, 0.6) is 0 Å². The van der Waals surface area contributed by atoms with Gasteiger partial charge < -0.3 is 10.5 Å². The molecule has 0 saturated heterocycles. The summed E-state index contributed by atoms with van der Waals surface area (Å²) < 4.78 is 7.24. The Hall–Kier alpha value is -1.65. The van der Waals surface area contributed by atoms with Gasteiger partial charge in [-0.3, -0.25) is 9.36 Å². The number of nitrogens with zero attached hydrogens (tertiary/aromatic N) is 1. The van der Waals surface area contributed by atoms with Crippen molar-refractivity contribution < 1.29 is 9.53 Å². The Morgan fingerprint density at radius 3 is 2.68 bits per heavy atom. The van der Waals surface area contributed by atoms with E-state index < -0.39 is 0 Å². The maximum Gasteiger partial charge on any atom is 0.234 e. The number of para-hydroxylation sites is 1. The fraction of sp³-hybridized carbons (Fsp3) is 0.500. The molecule has 2 N–H and O–H groups in total. The van der Waals surface area contributed by atoms with Crippen LogP contribution in [0.4, 0.5) is 0 Å². The van der Waals surface area contributed by atoms with Gasteiger partial charge in [0.1, 0.15) is 0 Å². The predicted molar refractivity (Wildman–Crippen MR) is 88.1 cm³/mol. The van der Waals surface area contributed by atoms with Crippen molar-refractivity contribution in [3.63, 3.8) is 0 Å². The van der Waals surface area contributed by atoms with E-state index in [9.17, 15) is 4.79 Å². The number of fused-ring (bicyclic) bond motifs is 1. The van der Waals surface area contributed by atoms with Crippen LogP contribution in [-0.4, -0.2) is 30.2 Å². The summed E-state index contributed by atoms with van der Waals surface area (Å²) in [5.74, 6) is 0.321. The predicted octanol–water partition coefficient (Wildman–Crippen LogP) is 2.99. The minimum atomic E-state index is 0.105. The van der Waals surface area contributed by atoms with Crippen molar-refractivity contribution in [1.82, 2.24) is 4.57 Å². The number of hydrogen-bond acceptors (Lipinski definition) is 3. The Bertz CT molecular complexity index is 654. The van der Waals surface area contributed by atoms with E-state index in [1.165, 1.54) is 0 Å². The van der Waals surface area contributed by atoms with E-state index in [4.69, 9.17) is 10.5 Å². The van der Waals surface area contributed by atoms with E-state index in [2.05, 4.69) is 6.07 Å². The highest BCUT2D eigenvalue weighted by Gasteiger charge is 2.28. The molecule has 0 aliphatic heterocycles. The molecule has 1 aliphatic carbocycles. The second kappa shape index (κ2) is 6.63. The first-order valence-corrected chi connectivity index (χ1v) is 8.10. The van der Waals surface area contributed by atoms with Gasteiger partial charge >= 0.3 is 0 Å². The summed E-state index contributed by atoms with van der Waals surface area (Å²) in [6.07, 6.45) is 6.88. The summed E-state index contributed by atoms with van der Waals surface area (Å²) in [6.45, 7) is 0.598. The van der Waals surface area contributed by atoms with Crippen molar-refractivity contribution in [2.75, 3.05) is 13.7 Å². The van der Waals surface area contributed by atoms with Gasteiger partial charge in [0.05, 0.1) is 11.6 Å². The molecule has 0 bridgehead atoms. The molecule has 1 aliphatic rings. The average Bonchev–Trinajstić information content (AvgIpc) is 2.94. The number of benzene rings is 1. The second-order valence-electron chi connectivity index (χ2n) is 6.13. The third-order valence-electron chi connectivity index (χ3n) is 4.80. The number of hydrogen-bond donors (Lipinski definition) is 1. The van der Waals surface area contributed by atoms with Crippen LogP contribution >= 0.6 is 0 Å². The number of carbonyl (C=O) groups excluding carboxylic acids is 1. The molecular weight excluding hydrogens is 276 g/mol. The standard InChI is InChI=1S/C18H24N2O2/c1-22-15-8-6-13(7-9-15)18(21)20-12-14(10-11-19)16-4-2-3-5-17(16)20/h2-5,12-13,15H,6-11,19H2,1H3. The summed E-state index contributed by atoms with van der Waals surface area (Å²) in [7, 11) is 1.76. The van der Waals surface area contributed by atoms with E-state index in [1.54, 1.807) is 7.11 Å². The Kier molecular flexibility index (Phi) is 4.60. The van der Waals surface area contributed by atoms with Crippen molar-refractivity contribution in [3.8, 4) is 0 Å². The largest absolute Gasteiger partial charge is 0.381 e. The van der Waals surface area contributed by atoms with Gasteiger partial charge in [0.25, 0.3) is 0 Å². The van der Waals surface area contributed by atoms with Crippen LogP contribution in [0.1, 0.15) is 36.0 Å². The molecule has 3 rings (SSSR count). The number of ether oxygens (including phenoxy) is 1. The minimum Gasteiger partial charge on any atom is -0.381 e. The van der Waals surface area contributed by atoms with Crippen molar-refractivity contribution in [1.29, 1.82) is 0 Å². The van der Waals surface area contributed by atoms with Gasteiger partial charge in [0, 0.05) is 24.6 Å². The third kappa shape index (κ3) is 2.81. The molecule has 2 aromatic rings. The summed E-state index contributed by atoms with van der Waals surface area (Å²) in [6, 6.07) is 8.10. The lowest BCUT2D eigenvalue weighted by atomic mass is 9.86. The van der Waals surface area contributed by atoms with Gasteiger partial charge in [0.2, 0.25) is 5.91 Å². The smallest absolute Gasteiger partial charge is 0.234 e. The molecule has 1 fully saturated rings. The summed E-state index contributed by atoms with van der Waals surface area (Å²) in [4.78, 5) is 12.9. The molecule has 1 saturated carbocycles. The summed E-state index contributed by atoms with van der Waals surface area (Å²) in [5, 5.41) is 1.15. The van der Waals surface area contributed by atoms with Crippen LogP contribution < -0.4 is 5.73 Å². The molecule has 0 spiro atoms. The summed E-state index contributed by atoms with van der Waals surface area (Å²) in [5.41, 5.74) is 7.87. The lowest BCUT2D eigenvalue weighted by molar-refractivity contribution is 0.0484. The lowest BCUT2D eigenvalue weighted by Crippen LogP contribution is -2.28. The van der Waals surface area contributed by atoms with E-state index in [0.717, 1.165) is 48.6 Å². The van der Waals surface area contributed by atoms with E-state index in [0.29, 0.717) is 12.6 Å². The number of rotatable bonds is 4. The molecule has 4 nitrogen and oxygen atoms in total. The SMILES string of the molecule is COC1CCC(C(=O)n2cc(CCN)c3ccccc32)CC1. The summed E-state index contributed by atoms with van der Waals surface area (Å²) >= 11 is 0. The van der Waals surface area contributed by atoms with Crippen LogP contribution in [-0.2, 0) is 11.2 Å². The topological polar surface area (TPSA) is 57.2 Å². The molecule has 4 heteroatoms. The first-order chi connectivity index (χ1) is 10.7. The van der Waals surface area contributed by atoms with Gasteiger partial charge in [-0.05, 0) is 50.3 Å². The van der Waals surface area contributed by atoms with Crippen molar-refractivity contribution in [3.05, 3.63) is 36.0 Å². The maximum atomic E-state index is 12.9. The Balaban J connectivity index is 1.88. The zero-order valence-corrected chi connectivity index (χ0v) is 13.1. The molecule has 0 radical (unpaired) electrons. The van der Waals surface area contributed by atoms with Crippen molar-refractivity contribution in [2.45, 2.75) is 38.2 Å². The van der Waals surface area contributed by atoms with Gasteiger partial charge in [0.15, 0.2) is 0 Å². The maximum absolute atomic E-state index is 12.9. The number of methoxy groups -OCH3 is 1. The number of aromatic nitrogens is 1. The van der Waals surface area contributed by atoms with Crippen LogP contribution in [0.3, 0.4) is 0 Å². The fourth-order valence-corrected chi connectivity index (χ4v) is 3.53. The zero-order chi connectivity index (χ0) is 15.5. The first-order valence-electron chi connectivity index (χ1n) is 8.10. The molecule has 0 unspecified atom stereocenters. The number of nitrogens with two attached hydrogens (primary N) is 1. The van der Waals surface area contributed by atoms with Gasteiger partial charge in [-0.15, -0.1) is 0 Å². The highest BCUT2D eigenvalue weighted by Crippen LogP contribution is 2.29. The molecule has 0 atom stereocenters. The Morgan fingerprint density at radius 1 is 1.27 bits per heavy atom. The van der Waals surface area contributed by atoms with Crippen molar-refractivity contribution >= 4 is 16.8 Å². The van der Waals surface area contributed by atoms with Gasteiger partial charge in [-0.1, -0.05) is 18.2 Å². The highest BCUT2D eigenvalue weighted by molar-refractivity contribution is 5.95. The first kappa shape index (κ1) is 15.3. The zero-order valence-electron chi connectivity index (χ0n) is 13.1.